The maximum Gasteiger partial charge on any atom is 0.348 e. The molecule has 0 saturated carbocycles. The number of nitrogens with zero attached hydrogens (tertiary/aromatic N) is 1. The van der Waals surface area contributed by atoms with Gasteiger partial charge in [-0.05, 0) is 56.0 Å². The zero-order valence-electron chi connectivity index (χ0n) is 14.9. The molecule has 1 fully saturated rings. The summed E-state index contributed by atoms with van der Waals surface area (Å²) in [7, 11) is 0. The third-order valence-corrected chi connectivity index (χ3v) is 5.75. The summed E-state index contributed by atoms with van der Waals surface area (Å²) in [5.41, 5.74) is 7.44. The van der Waals surface area contributed by atoms with Crippen molar-refractivity contribution in [2.75, 3.05) is 19.7 Å². The van der Waals surface area contributed by atoms with Gasteiger partial charge in [0.15, 0.2) is 0 Å². The second-order valence-electron chi connectivity index (χ2n) is 6.35. The number of benzene rings is 1. The second-order valence-corrected chi connectivity index (χ2v) is 7.43. The molecule has 0 bridgehead atoms. The lowest BCUT2D eigenvalue weighted by Crippen LogP contribution is -2.47. The second kappa shape index (κ2) is 8.47. The number of carbonyl (C=O) groups is 2. The topological polar surface area (TPSA) is 72.6 Å². The lowest BCUT2D eigenvalue weighted by atomic mass is 10.00. The molecule has 1 aliphatic rings. The molecule has 0 unspecified atom stereocenters. The van der Waals surface area contributed by atoms with Gasteiger partial charge in [-0.2, -0.15) is 0 Å². The molecule has 1 atom stereocenters. The maximum absolute atomic E-state index is 13.0. The Balaban J connectivity index is 1.82. The predicted octanol–water partition coefficient (Wildman–Crippen LogP) is 3.55. The van der Waals surface area contributed by atoms with Crippen LogP contribution in [0.1, 0.15) is 46.2 Å². The number of carbonyl (C=O) groups excluding carboxylic acids is 2. The van der Waals surface area contributed by atoms with Crippen LogP contribution >= 0.6 is 11.3 Å². The average molecular weight is 372 g/mol. The Bertz CT molecular complexity index is 787. The van der Waals surface area contributed by atoms with E-state index in [2.05, 4.69) is 0 Å². The molecule has 3 rings (SSSR count). The fourth-order valence-corrected chi connectivity index (χ4v) is 4.19. The van der Waals surface area contributed by atoms with Gasteiger partial charge < -0.3 is 15.4 Å². The number of hydrogen-bond acceptors (Lipinski definition) is 5. The van der Waals surface area contributed by atoms with Gasteiger partial charge in [-0.1, -0.05) is 12.1 Å². The van der Waals surface area contributed by atoms with E-state index in [4.69, 9.17) is 10.5 Å². The largest absolute Gasteiger partial charge is 0.462 e. The lowest BCUT2D eigenvalue weighted by molar-refractivity contribution is 0.0531. The van der Waals surface area contributed by atoms with Crippen molar-refractivity contribution in [2.24, 2.45) is 5.73 Å². The molecule has 138 valence electrons. The molecule has 1 amide bonds. The molecule has 0 spiro atoms. The van der Waals surface area contributed by atoms with E-state index in [1.165, 1.54) is 11.3 Å². The van der Waals surface area contributed by atoms with Gasteiger partial charge in [0.2, 0.25) is 0 Å². The number of hydrogen-bond donors (Lipinski definition) is 1. The molecule has 2 aromatic rings. The Kier molecular flexibility index (Phi) is 6.06. The Morgan fingerprint density at radius 1 is 1.27 bits per heavy atom. The molecule has 26 heavy (non-hydrogen) atoms. The first kappa shape index (κ1) is 18.6. The van der Waals surface area contributed by atoms with Crippen LogP contribution in [-0.4, -0.2) is 42.5 Å². The van der Waals surface area contributed by atoms with E-state index in [1.54, 1.807) is 13.0 Å². The molecular formula is C20H24N2O3S. The highest BCUT2D eigenvalue weighted by Gasteiger charge is 2.26. The Labute approximate surface area is 157 Å². The van der Waals surface area contributed by atoms with Crippen LogP contribution < -0.4 is 5.73 Å². The molecular weight excluding hydrogens is 348 g/mol. The number of rotatable bonds is 5. The summed E-state index contributed by atoms with van der Waals surface area (Å²) in [6, 6.07) is 11.4. The fourth-order valence-electron chi connectivity index (χ4n) is 3.29. The zero-order valence-corrected chi connectivity index (χ0v) is 15.8. The summed E-state index contributed by atoms with van der Waals surface area (Å²) < 4.78 is 5.04. The van der Waals surface area contributed by atoms with E-state index in [-0.39, 0.29) is 17.9 Å². The lowest BCUT2D eigenvalue weighted by Gasteiger charge is -2.35. The van der Waals surface area contributed by atoms with Crippen molar-refractivity contribution < 1.29 is 14.3 Å². The minimum Gasteiger partial charge on any atom is -0.462 e. The molecule has 1 aromatic heterocycles. The van der Waals surface area contributed by atoms with Crippen LogP contribution in [0.15, 0.2) is 36.4 Å². The highest BCUT2D eigenvalue weighted by molar-refractivity contribution is 7.17. The van der Waals surface area contributed by atoms with Gasteiger partial charge in [-0.15, -0.1) is 11.3 Å². The van der Waals surface area contributed by atoms with Gasteiger partial charge in [0.05, 0.1) is 6.61 Å². The fraction of sp³-hybridized carbons (Fsp3) is 0.400. The van der Waals surface area contributed by atoms with Crippen LogP contribution in [0.4, 0.5) is 0 Å². The summed E-state index contributed by atoms with van der Waals surface area (Å²) in [4.78, 5) is 28.2. The number of likely N-dealkylation sites (tertiary alicyclic amines) is 1. The molecule has 0 radical (unpaired) electrons. The summed E-state index contributed by atoms with van der Waals surface area (Å²) >= 11 is 1.38. The SMILES string of the molecule is CCOC(=O)c1ccc(-c2cccc(C(=O)N3CCCC[C@H]3CN)c2)s1. The van der Waals surface area contributed by atoms with Crippen molar-refractivity contribution in [1.29, 1.82) is 0 Å². The van der Waals surface area contributed by atoms with Crippen molar-refractivity contribution in [3.05, 3.63) is 46.8 Å². The standard InChI is InChI=1S/C20H24N2O3S/c1-2-25-20(24)18-10-9-17(26-18)14-6-5-7-15(12-14)19(23)22-11-4-3-8-16(22)13-21/h5-7,9-10,12,16H,2-4,8,11,13,21H2,1H3/t16-/m0/s1. The van der Waals surface area contributed by atoms with Crippen LogP contribution in [-0.2, 0) is 4.74 Å². The molecule has 1 aliphatic heterocycles. The van der Waals surface area contributed by atoms with Crippen LogP contribution in [0.2, 0.25) is 0 Å². The third kappa shape index (κ3) is 3.97. The Morgan fingerprint density at radius 3 is 2.88 bits per heavy atom. The minimum absolute atomic E-state index is 0.0316. The molecule has 2 N–H and O–H groups in total. The smallest absolute Gasteiger partial charge is 0.348 e. The number of piperidine rings is 1. The van der Waals surface area contributed by atoms with Crippen molar-refractivity contribution in [1.82, 2.24) is 4.90 Å². The first-order valence-electron chi connectivity index (χ1n) is 9.02. The average Bonchev–Trinajstić information content (AvgIpc) is 3.18. The van der Waals surface area contributed by atoms with Gasteiger partial charge in [0.1, 0.15) is 4.88 Å². The van der Waals surface area contributed by atoms with Gasteiger partial charge in [-0.3, -0.25) is 4.79 Å². The number of nitrogens with two attached hydrogens (primary N) is 1. The van der Waals surface area contributed by atoms with Gasteiger partial charge in [-0.25, -0.2) is 4.79 Å². The third-order valence-electron chi connectivity index (χ3n) is 4.64. The van der Waals surface area contributed by atoms with Gasteiger partial charge in [0.25, 0.3) is 5.91 Å². The summed E-state index contributed by atoms with van der Waals surface area (Å²) in [6.45, 7) is 3.40. The highest BCUT2D eigenvalue weighted by Crippen LogP contribution is 2.30. The van der Waals surface area contributed by atoms with E-state index in [1.807, 2.05) is 35.2 Å². The van der Waals surface area contributed by atoms with E-state index in [9.17, 15) is 9.59 Å². The Morgan fingerprint density at radius 2 is 2.12 bits per heavy atom. The van der Waals surface area contributed by atoms with Crippen molar-refractivity contribution in [2.45, 2.75) is 32.2 Å². The molecule has 6 heteroatoms. The predicted molar refractivity (Wildman–Crippen MR) is 103 cm³/mol. The number of ether oxygens (including phenoxy) is 1. The van der Waals surface area contributed by atoms with Crippen molar-refractivity contribution in [3.8, 4) is 10.4 Å². The van der Waals surface area contributed by atoms with E-state index in [0.717, 1.165) is 36.2 Å². The highest BCUT2D eigenvalue weighted by atomic mass is 32.1. The number of thiophene rings is 1. The number of esters is 1. The minimum atomic E-state index is -0.310. The number of amides is 1. The molecule has 1 saturated heterocycles. The quantitative estimate of drug-likeness (QED) is 0.815. The van der Waals surface area contributed by atoms with Gasteiger partial charge in [0, 0.05) is 29.6 Å². The molecule has 2 heterocycles. The van der Waals surface area contributed by atoms with E-state index in [0.29, 0.717) is 23.6 Å². The summed E-state index contributed by atoms with van der Waals surface area (Å²) in [6.07, 6.45) is 3.11. The van der Waals surface area contributed by atoms with Crippen LogP contribution in [0, 0.1) is 0 Å². The van der Waals surface area contributed by atoms with Crippen LogP contribution in [0.25, 0.3) is 10.4 Å². The first-order chi connectivity index (χ1) is 12.6. The summed E-state index contributed by atoms with van der Waals surface area (Å²) in [5, 5.41) is 0. The van der Waals surface area contributed by atoms with Crippen molar-refractivity contribution in [3.63, 3.8) is 0 Å². The normalized spacial score (nSPS) is 17.2. The van der Waals surface area contributed by atoms with Crippen molar-refractivity contribution >= 4 is 23.2 Å². The molecule has 1 aromatic carbocycles. The summed E-state index contributed by atoms with van der Waals surface area (Å²) in [5.74, 6) is -0.278. The van der Waals surface area contributed by atoms with E-state index < -0.39 is 0 Å². The van der Waals surface area contributed by atoms with E-state index >= 15 is 0 Å². The van der Waals surface area contributed by atoms with Crippen LogP contribution in [0.3, 0.4) is 0 Å². The monoisotopic (exact) mass is 372 g/mol. The maximum atomic E-state index is 13.0. The zero-order chi connectivity index (χ0) is 18.5. The van der Waals surface area contributed by atoms with Gasteiger partial charge >= 0.3 is 5.97 Å². The molecule has 5 nitrogen and oxygen atoms in total. The Hall–Kier alpha value is -2.18. The first-order valence-corrected chi connectivity index (χ1v) is 9.84. The molecule has 0 aliphatic carbocycles. The van der Waals surface area contributed by atoms with Crippen LogP contribution in [0.5, 0.6) is 0 Å².